The molecule has 0 saturated carbocycles. The smallest absolute Gasteiger partial charge is 0.361 e. The van der Waals surface area contributed by atoms with Crippen molar-refractivity contribution in [3.8, 4) is 0 Å². The van der Waals surface area contributed by atoms with Crippen LogP contribution in [-0.2, 0) is 0 Å². The molecule has 3 N–H and O–H groups in total. The number of hydrogen-bond donors (Lipinski definition) is 2. The molecule has 0 radical (unpaired) electrons. The molecule has 0 bridgehead atoms. The summed E-state index contributed by atoms with van der Waals surface area (Å²) in [5.74, 6) is 0. The number of benzene rings is 1. The Morgan fingerprint density at radius 2 is 1.93 bits per heavy atom. The minimum absolute atomic E-state index is 0.0671. The topological polar surface area (TPSA) is 41.8 Å². The fourth-order valence-electron chi connectivity index (χ4n) is 1.45. The number of rotatable bonds is 1. The van der Waals surface area contributed by atoms with Gasteiger partial charge in [-0.25, -0.2) is 0 Å². The Morgan fingerprint density at radius 1 is 1.20 bits per heavy atom. The van der Waals surface area contributed by atoms with Crippen molar-refractivity contribution in [1.29, 1.82) is 0 Å². The summed E-state index contributed by atoms with van der Waals surface area (Å²) in [6, 6.07) is 4.30. The van der Waals surface area contributed by atoms with E-state index in [1.165, 1.54) is 12.1 Å². The fourth-order valence-corrected chi connectivity index (χ4v) is 1.45. The average molecular weight is 214 g/mol. The van der Waals surface area contributed by atoms with Crippen LogP contribution in [0.4, 0.5) is 13.2 Å². The zero-order valence-electron chi connectivity index (χ0n) is 7.68. The molecule has 2 nitrogen and oxygen atoms in total. The van der Waals surface area contributed by atoms with Gasteiger partial charge in [0.2, 0.25) is 0 Å². The third kappa shape index (κ3) is 1.83. The Labute approximate surface area is 83.9 Å². The first kappa shape index (κ1) is 10.0. The van der Waals surface area contributed by atoms with Gasteiger partial charge in [0.25, 0.3) is 0 Å². The van der Waals surface area contributed by atoms with E-state index in [0.29, 0.717) is 5.52 Å². The number of nitrogens with one attached hydrogen (secondary N) is 1. The zero-order chi connectivity index (χ0) is 11.1. The summed E-state index contributed by atoms with van der Waals surface area (Å²) in [6.07, 6.45) is -2.73. The van der Waals surface area contributed by atoms with Crippen LogP contribution < -0.4 is 5.73 Å². The van der Waals surface area contributed by atoms with E-state index in [1.807, 2.05) is 0 Å². The van der Waals surface area contributed by atoms with Crippen molar-refractivity contribution >= 4 is 10.9 Å². The van der Waals surface area contributed by atoms with Crippen molar-refractivity contribution in [2.75, 3.05) is 0 Å². The molecule has 0 saturated heterocycles. The van der Waals surface area contributed by atoms with Gasteiger partial charge in [-0.15, -0.1) is 0 Å². The standard InChI is InChI=1S/C10H9F3N2/c11-10(12,13)9(14)7-2-1-6-3-4-15-8(6)5-7/h1-5,9,15H,14H2. The van der Waals surface area contributed by atoms with Gasteiger partial charge in [0, 0.05) is 11.7 Å². The average Bonchev–Trinajstić information content (AvgIpc) is 2.61. The van der Waals surface area contributed by atoms with Crippen LogP contribution in [0.5, 0.6) is 0 Å². The lowest BCUT2D eigenvalue weighted by molar-refractivity contribution is -0.149. The molecule has 1 aromatic carbocycles. The first-order chi connectivity index (χ1) is 6.98. The molecule has 0 spiro atoms. The van der Waals surface area contributed by atoms with Crippen LogP contribution in [0.2, 0.25) is 0 Å². The minimum atomic E-state index is -4.40. The van der Waals surface area contributed by atoms with Crippen molar-refractivity contribution in [1.82, 2.24) is 4.98 Å². The van der Waals surface area contributed by atoms with E-state index in [4.69, 9.17) is 5.73 Å². The molecule has 0 amide bonds. The van der Waals surface area contributed by atoms with Gasteiger partial charge in [-0.2, -0.15) is 13.2 Å². The van der Waals surface area contributed by atoms with Crippen LogP contribution in [0.1, 0.15) is 11.6 Å². The molecule has 1 unspecified atom stereocenters. The Bertz CT molecular complexity index is 473. The van der Waals surface area contributed by atoms with E-state index in [1.54, 1.807) is 18.3 Å². The van der Waals surface area contributed by atoms with Gasteiger partial charge >= 0.3 is 6.18 Å². The Kier molecular flexibility index (Phi) is 2.19. The summed E-state index contributed by atoms with van der Waals surface area (Å²) >= 11 is 0. The lowest BCUT2D eigenvalue weighted by Crippen LogP contribution is -2.28. The van der Waals surface area contributed by atoms with Crippen LogP contribution in [0.15, 0.2) is 30.5 Å². The number of aromatic amines is 1. The largest absolute Gasteiger partial charge is 0.407 e. The molecular weight excluding hydrogens is 205 g/mol. The number of H-pyrrole nitrogens is 1. The second-order valence-corrected chi connectivity index (χ2v) is 3.34. The quantitative estimate of drug-likeness (QED) is 0.752. The molecule has 15 heavy (non-hydrogen) atoms. The summed E-state index contributed by atoms with van der Waals surface area (Å²) in [6.45, 7) is 0. The molecular formula is C10H9F3N2. The monoisotopic (exact) mass is 214 g/mol. The molecule has 1 aromatic heterocycles. The molecule has 2 rings (SSSR count). The van der Waals surface area contributed by atoms with Crippen LogP contribution in [0.25, 0.3) is 10.9 Å². The fraction of sp³-hybridized carbons (Fsp3) is 0.200. The van der Waals surface area contributed by atoms with Crippen molar-refractivity contribution < 1.29 is 13.2 Å². The molecule has 5 heteroatoms. The van der Waals surface area contributed by atoms with Crippen molar-refractivity contribution in [3.05, 3.63) is 36.0 Å². The van der Waals surface area contributed by atoms with Gasteiger partial charge in [0.1, 0.15) is 6.04 Å². The Hall–Kier alpha value is -1.49. The van der Waals surface area contributed by atoms with Crippen LogP contribution in [-0.4, -0.2) is 11.2 Å². The summed E-state index contributed by atoms with van der Waals surface area (Å²) in [5, 5.41) is 0.869. The van der Waals surface area contributed by atoms with Crippen molar-refractivity contribution in [3.63, 3.8) is 0 Å². The van der Waals surface area contributed by atoms with Crippen LogP contribution >= 0.6 is 0 Å². The van der Waals surface area contributed by atoms with E-state index in [-0.39, 0.29) is 5.56 Å². The summed E-state index contributed by atoms with van der Waals surface area (Å²) < 4.78 is 37.0. The van der Waals surface area contributed by atoms with Crippen molar-refractivity contribution in [2.24, 2.45) is 5.73 Å². The van der Waals surface area contributed by atoms with Gasteiger partial charge in [0.05, 0.1) is 0 Å². The second-order valence-electron chi connectivity index (χ2n) is 3.34. The maximum Gasteiger partial charge on any atom is 0.407 e. The Balaban J connectivity index is 2.44. The van der Waals surface area contributed by atoms with Gasteiger partial charge < -0.3 is 10.7 Å². The highest BCUT2D eigenvalue weighted by Gasteiger charge is 2.37. The normalized spacial score (nSPS) is 14.4. The maximum atomic E-state index is 12.3. The molecule has 0 fully saturated rings. The first-order valence-electron chi connectivity index (χ1n) is 4.38. The summed E-state index contributed by atoms with van der Waals surface area (Å²) in [5.41, 5.74) is 5.82. The third-order valence-electron chi connectivity index (χ3n) is 2.29. The SMILES string of the molecule is NC(c1ccc2cc[nH]c2c1)C(F)(F)F. The predicted octanol–water partition coefficient (Wildman–Crippen LogP) is 2.73. The molecule has 0 aliphatic heterocycles. The highest BCUT2D eigenvalue weighted by molar-refractivity contribution is 5.80. The van der Waals surface area contributed by atoms with E-state index in [0.717, 1.165) is 5.39 Å². The highest BCUT2D eigenvalue weighted by Crippen LogP contribution is 2.31. The number of alkyl halides is 3. The molecule has 80 valence electrons. The third-order valence-corrected chi connectivity index (χ3v) is 2.29. The molecule has 1 heterocycles. The van der Waals surface area contributed by atoms with E-state index in [9.17, 15) is 13.2 Å². The zero-order valence-corrected chi connectivity index (χ0v) is 7.68. The lowest BCUT2D eigenvalue weighted by Gasteiger charge is -2.15. The predicted molar refractivity (Wildman–Crippen MR) is 51.3 cm³/mol. The molecule has 2 aromatic rings. The number of halogens is 3. The van der Waals surface area contributed by atoms with Gasteiger partial charge in [-0.3, -0.25) is 0 Å². The molecule has 0 aliphatic rings. The number of aromatic nitrogens is 1. The van der Waals surface area contributed by atoms with Crippen LogP contribution in [0.3, 0.4) is 0 Å². The van der Waals surface area contributed by atoms with E-state index >= 15 is 0 Å². The van der Waals surface area contributed by atoms with Gasteiger partial charge in [-0.1, -0.05) is 12.1 Å². The van der Waals surface area contributed by atoms with E-state index < -0.39 is 12.2 Å². The van der Waals surface area contributed by atoms with Gasteiger partial charge in [0.15, 0.2) is 0 Å². The number of nitrogens with two attached hydrogens (primary N) is 1. The highest BCUT2D eigenvalue weighted by atomic mass is 19.4. The van der Waals surface area contributed by atoms with Crippen LogP contribution in [0, 0.1) is 0 Å². The molecule has 1 atom stereocenters. The molecule has 0 aliphatic carbocycles. The minimum Gasteiger partial charge on any atom is -0.361 e. The number of fused-ring (bicyclic) bond motifs is 1. The number of hydrogen-bond acceptors (Lipinski definition) is 1. The first-order valence-corrected chi connectivity index (χ1v) is 4.38. The summed E-state index contributed by atoms with van der Waals surface area (Å²) in [4.78, 5) is 2.84. The van der Waals surface area contributed by atoms with Crippen molar-refractivity contribution in [2.45, 2.75) is 12.2 Å². The summed E-state index contributed by atoms with van der Waals surface area (Å²) in [7, 11) is 0. The van der Waals surface area contributed by atoms with Gasteiger partial charge in [-0.05, 0) is 23.1 Å². The van der Waals surface area contributed by atoms with E-state index in [2.05, 4.69) is 4.98 Å². The Morgan fingerprint density at radius 3 is 2.60 bits per heavy atom. The maximum absolute atomic E-state index is 12.3. The second kappa shape index (κ2) is 3.27. The lowest BCUT2D eigenvalue weighted by atomic mass is 10.1.